The van der Waals surface area contributed by atoms with Gasteiger partial charge in [0.15, 0.2) is 5.69 Å². The maximum Gasteiger partial charge on any atom is 0.357 e. The van der Waals surface area contributed by atoms with Crippen molar-refractivity contribution < 1.29 is 33.8 Å². The minimum Gasteiger partial charge on any atom is -0.461 e. The van der Waals surface area contributed by atoms with Crippen molar-refractivity contribution in [2.24, 2.45) is 11.8 Å². The van der Waals surface area contributed by atoms with Crippen LogP contribution in [0, 0.1) is 18.3 Å². The minimum absolute atomic E-state index is 0. The van der Waals surface area contributed by atoms with Crippen LogP contribution in [0.2, 0.25) is 0 Å². The van der Waals surface area contributed by atoms with Crippen molar-refractivity contribution in [2.45, 2.75) is 59.9 Å². The number of thiazole rings is 1. The number of rotatable bonds is 10. The molecule has 0 aromatic carbocycles. The monoisotopic (exact) mass is 431 g/mol. The Morgan fingerprint density at radius 3 is 2.50 bits per heavy atom. The van der Waals surface area contributed by atoms with Crippen molar-refractivity contribution in [3.05, 3.63) is 22.5 Å². The van der Waals surface area contributed by atoms with Crippen molar-refractivity contribution in [3.63, 3.8) is 0 Å². The summed E-state index contributed by atoms with van der Waals surface area (Å²) < 4.78 is 4.97. The molecule has 1 aromatic heterocycles. The average molecular weight is 433 g/mol. The number of carbonyl (C=O) groups excluding carboxylic acids is 2. The van der Waals surface area contributed by atoms with Crippen LogP contribution >= 0.6 is 11.3 Å². The number of nitrogens with zero attached hydrogens (tertiary/aromatic N) is 2. The predicted octanol–water partition coefficient (Wildman–Crippen LogP) is 3.98. The van der Waals surface area contributed by atoms with E-state index in [4.69, 9.17) is 4.74 Å². The third-order valence-electron chi connectivity index (χ3n) is 4.38. The molecule has 0 saturated carbocycles. The van der Waals surface area contributed by atoms with Gasteiger partial charge in [-0.3, -0.25) is 0 Å². The van der Waals surface area contributed by atoms with E-state index in [1.54, 1.807) is 18.7 Å². The zero-order chi connectivity index (χ0) is 19.0. The van der Waals surface area contributed by atoms with Crippen molar-refractivity contribution in [1.82, 2.24) is 9.88 Å². The summed E-state index contributed by atoms with van der Waals surface area (Å²) in [5.41, 5.74) is 0.373. The molecule has 2 atom stereocenters. The Bertz CT molecular complexity index is 563. The Labute approximate surface area is 174 Å². The van der Waals surface area contributed by atoms with Gasteiger partial charge in [-0.15, -0.1) is 11.3 Å². The molecule has 144 valence electrons. The fourth-order valence-corrected chi connectivity index (χ4v) is 3.40. The van der Waals surface area contributed by atoms with E-state index in [0.29, 0.717) is 18.2 Å². The van der Waals surface area contributed by atoms with E-state index >= 15 is 0 Å². The Morgan fingerprint density at radius 2 is 1.96 bits per heavy atom. The van der Waals surface area contributed by atoms with Crippen LogP contribution in [0.3, 0.4) is 0 Å². The molecule has 1 amide bonds. The quantitative estimate of drug-likeness (QED) is 0.319. The number of hydrogen-bond acceptors (Lipinski definition) is 5. The SMILES string of the molecule is CCOC(=O)c1csc(CC[C@H](C(C)C)N(C)C(=O)[CH-][C@@H](C)CC)n1.[Zn]. The molecule has 0 unspecified atom stereocenters. The maximum atomic E-state index is 12.4. The van der Waals surface area contributed by atoms with Crippen LogP contribution in [0.1, 0.15) is 63.0 Å². The Kier molecular flexibility index (Phi) is 12.0. The van der Waals surface area contributed by atoms with Crippen molar-refractivity contribution in [1.29, 1.82) is 0 Å². The Hall–Kier alpha value is -0.937. The van der Waals surface area contributed by atoms with Gasteiger partial charge < -0.3 is 20.9 Å². The molecule has 0 radical (unpaired) electrons. The first kappa shape index (κ1) is 25.1. The standard InChI is InChI=1S/C19H31N2O3S.Zn/c1-7-14(5)11-18(22)21(6)16(13(3)4)9-10-17-20-15(12-25-17)19(23)24-8-2;/h11-14,16H,7-10H2,1-6H3;/q-1;/t14-,16+;/m0./s1. The topological polar surface area (TPSA) is 59.5 Å². The summed E-state index contributed by atoms with van der Waals surface area (Å²) in [6.45, 7) is 10.5. The second kappa shape index (κ2) is 12.5. The number of hydrogen-bond donors (Lipinski definition) is 0. The molecule has 1 rings (SSSR count). The van der Waals surface area contributed by atoms with Crippen molar-refractivity contribution >= 4 is 23.2 Å². The van der Waals surface area contributed by atoms with Crippen LogP contribution in [0.25, 0.3) is 0 Å². The average Bonchev–Trinajstić information content (AvgIpc) is 3.03. The van der Waals surface area contributed by atoms with Crippen molar-refractivity contribution in [3.8, 4) is 0 Å². The number of amides is 1. The third-order valence-corrected chi connectivity index (χ3v) is 5.28. The van der Waals surface area contributed by atoms with Crippen LogP contribution in [0.4, 0.5) is 0 Å². The van der Waals surface area contributed by atoms with Gasteiger partial charge in [-0.1, -0.05) is 34.1 Å². The van der Waals surface area contributed by atoms with Gasteiger partial charge in [0.05, 0.1) is 17.5 Å². The molecule has 0 aliphatic carbocycles. The van der Waals surface area contributed by atoms with Gasteiger partial charge in [0.25, 0.3) is 0 Å². The summed E-state index contributed by atoms with van der Waals surface area (Å²) in [4.78, 5) is 30.3. The number of aryl methyl sites for hydroxylation is 1. The van der Waals surface area contributed by atoms with E-state index < -0.39 is 0 Å². The Balaban J connectivity index is 0.00000625. The maximum absolute atomic E-state index is 12.4. The molecule has 26 heavy (non-hydrogen) atoms. The molecule has 7 heteroatoms. The first-order chi connectivity index (χ1) is 11.8. The van der Waals surface area contributed by atoms with Gasteiger partial charge in [0, 0.05) is 44.4 Å². The van der Waals surface area contributed by atoms with E-state index in [-0.39, 0.29) is 43.3 Å². The second-order valence-electron chi connectivity index (χ2n) is 6.70. The summed E-state index contributed by atoms with van der Waals surface area (Å²) >= 11 is 1.47. The van der Waals surface area contributed by atoms with Crippen LogP contribution < -0.4 is 0 Å². The number of ether oxygens (including phenoxy) is 1. The van der Waals surface area contributed by atoms with E-state index in [1.165, 1.54) is 11.3 Å². The van der Waals surface area contributed by atoms with Crippen molar-refractivity contribution in [2.75, 3.05) is 13.7 Å². The molecular weight excluding hydrogens is 402 g/mol. The molecule has 0 fully saturated rings. The van der Waals surface area contributed by atoms with Gasteiger partial charge in [-0.25, -0.2) is 9.78 Å². The molecule has 1 heterocycles. The first-order valence-corrected chi connectivity index (χ1v) is 9.91. The summed E-state index contributed by atoms with van der Waals surface area (Å²) in [7, 11) is 1.87. The summed E-state index contributed by atoms with van der Waals surface area (Å²) in [6, 6.07) is 0.141. The molecule has 0 saturated heterocycles. The number of aromatic nitrogens is 1. The molecule has 0 spiro atoms. The zero-order valence-electron chi connectivity index (χ0n) is 16.9. The summed E-state index contributed by atoms with van der Waals surface area (Å²) in [5, 5.41) is 2.64. The van der Waals surface area contributed by atoms with Crippen LogP contribution in [0.5, 0.6) is 0 Å². The fourth-order valence-electron chi connectivity index (χ4n) is 2.61. The fraction of sp³-hybridized carbons (Fsp3) is 0.684. The van der Waals surface area contributed by atoms with Gasteiger partial charge in [-0.05, 0) is 19.3 Å². The third kappa shape index (κ3) is 7.75. The molecule has 5 nitrogen and oxygen atoms in total. The number of esters is 1. The predicted molar refractivity (Wildman–Crippen MR) is 102 cm³/mol. The van der Waals surface area contributed by atoms with Crippen LogP contribution in [-0.4, -0.2) is 41.5 Å². The Morgan fingerprint density at radius 1 is 1.31 bits per heavy atom. The zero-order valence-corrected chi connectivity index (χ0v) is 20.7. The van der Waals surface area contributed by atoms with Gasteiger partial charge in [-0.2, -0.15) is 5.92 Å². The van der Waals surface area contributed by atoms with Gasteiger partial charge in [0.2, 0.25) is 0 Å². The van der Waals surface area contributed by atoms with E-state index in [0.717, 1.165) is 24.3 Å². The molecular formula is C19H31N2O3SZn-. The van der Waals surface area contributed by atoms with Crippen LogP contribution in [-0.2, 0) is 35.4 Å². The van der Waals surface area contributed by atoms with E-state index in [1.807, 2.05) is 11.9 Å². The van der Waals surface area contributed by atoms with Gasteiger partial charge >= 0.3 is 5.97 Å². The summed E-state index contributed by atoms with van der Waals surface area (Å²) in [5.74, 6) is 0.345. The molecule has 0 bridgehead atoms. The summed E-state index contributed by atoms with van der Waals surface area (Å²) in [6.07, 6.45) is 4.33. The van der Waals surface area contributed by atoms with E-state index in [9.17, 15) is 9.59 Å². The smallest absolute Gasteiger partial charge is 0.357 e. The number of carbonyl (C=O) groups is 2. The van der Waals surface area contributed by atoms with E-state index in [2.05, 4.69) is 32.7 Å². The first-order valence-electron chi connectivity index (χ1n) is 9.03. The molecule has 0 N–H and O–H groups in total. The minimum atomic E-state index is -0.374. The second-order valence-corrected chi connectivity index (χ2v) is 7.64. The van der Waals surface area contributed by atoms with Crippen LogP contribution in [0.15, 0.2) is 5.38 Å². The molecule has 0 aliphatic rings. The molecule has 1 aromatic rings. The molecule has 0 aliphatic heterocycles. The normalized spacial score (nSPS) is 12.9. The van der Waals surface area contributed by atoms with Gasteiger partial charge in [0.1, 0.15) is 0 Å². The largest absolute Gasteiger partial charge is 0.461 e.